The highest BCUT2D eigenvalue weighted by Crippen LogP contribution is 2.26. The number of rotatable bonds is 8. The molecule has 0 aliphatic carbocycles. The molecule has 0 fully saturated rings. The average Bonchev–Trinajstić information content (AvgIpc) is 3.20. The fraction of sp³-hybridized carbons (Fsp3) is 0.150. The van der Waals surface area contributed by atoms with Crippen LogP contribution in [-0.4, -0.2) is 38.0 Å². The van der Waals surface area contributed by atoms with Crippen molar-refractivity contribution >= 4 is 54.5 Å². The molecule has 0 aliphatic rings. The third-order valence-electron chi connectivity index (χ3n) is 3.87. The third-order valence-corrected chi connectivity index (χ3v) is 4.11. The van der Waals surface area contributed by atoms with Gasteiger partial charge in [0, 0.05) is 33.8 Å². The van der Waals surface area contributed by atoms with E-state index in [1.165, 1.54) is 12.1 Å². The summed E-state index contributed by atoms with van der Waals surface area (Å²) in [5, 5.41) is 24.5. The van der Waals surface area contributed by atoms with E-state index in [0.717, 1.165) is 22.3 Å². The summed E-state index contributed by atoms with van der Waals surface area (Å²) in [6.45, 7) is 0.753. The SMILES string of the molecule is O=[N+]([O-])c1ccc(C=CC=Cc2cc(NCCCO)c3ccc(Cl)cc3n2)o1.O=[P+](O)O. The Morgan fingerprint density at radius 3 is 2.56 bits per heavy atom. The zero-order chi connectivity index (χ0) is 23.5. The minimum absolute atomic E-state index is 0.115. The predicted octanol–water partition coefficient (Wildman–Crippen LogP) is 4.54. The van der Waals surface area contributed by atoms with Crippen molar-refractivity contribution in [1.82, 2.24) is 4.98 Å². The standard InChI is InChI=1S/C20H18ClN3O4.HO3P/c21-14-6-8-17-18(22-10-3-11-25)13-15(23-19(17)12-14)4-1-2-5-16-7-9-20(28-16)24(26)27;1-4(2)3/h1-2,4-9,12-13,25H,3,10-11H2,(H,22,23);(H-,1,2,3)/p+1. The van der Waals surface area contributed by atoms with Crippen molar-refractivity contribution in [3.63, 3.8) is 0 Å². The Morgan fingerprint density at radius 2 is 1.91 bits per heavy atom. The zero-order valence-corrected chi connectivity index (χ0v) is 18.2. The maximum atomic E-state index is 10.6. The maximum absolute atomic E-state index is 10.6. The topological polar surface area (TPSA) is 159 Å². The lowest BCUT2D eigenvalue weighted by Crippen LogP contribution is -2.04. The second-order valence-corrected chi connectivity index (χ2v) is 7.11. The number of aromatic nitrogens is 1. The van der Waals surface area contributed by atoms with E-state index in [1.807, 2.05) is 24.3 Å². The van der Waals surface area contributed by atoms with Crippen LogP contribution in [0.3, 0.4) is 0 Å². The lowest BCUT2D eigenvalue weighted by molar-refractivity contribution is -0.402. The number of benzene rings is 1. The summed E-state index contributed by atoms with van der Waals surface area (Å²) < 4.78 is 13.8. The van der Waals surface area contributed by atoms with E-state index in [9.17, 15) is 10.1 Å². The minimum Gasteiger partial charge on any atom is -0.401 e. The first kappa shape index (κ1) is 25.1. The molecule has 32 heavy (non-hydrogen) atoms. The molecule has 0 saturated heterocycles. The molecule has 0 bridgehead atoms. The molecule has 2 aromatic heterocycles. The second-order valence-electron chi connectivity index (χ2n) is 6.16. The fourth-order valence-corrected chi connectivity index (χ4v) is 2.76. The van der Waals surface area contributed by atoms with Crippen LogP contribution in [0.5, 0.6) is 0 Å². The van der Waals surface area contributed by atoms with Crippen LogP contribution >= 0.6 is 19.9 Å². The van der Waals surface area contributed by atoms with Gasteiger partial charge >= 0.3 is 14.1 Å². The number of aliphatic hydroxyl groups excluding tert-OH is 1. The Kier molecular flexibility index (Phi) is 9.93. The Bertz CT molecular complexity index is 1140. The summed E-state index contributed by atoms with van der Waals surface area (Å²) in [5.41, 5.74) is 2.38. The van der Waals surface area contributed by atoms with Gasteiger partial charge in [0.2, 0.25) is 0 Å². The zero-order valence-electron chi connectivity index (χ0n) is 16.6. The van der Waals surface area contributed by atoms with Crippen molar-refractivity contribution < 1.29 is 28.8 Å². The van der Waals surface area contributed by atoms with Crippen LogP contribution in [0.25, 0.3) is 23.1 Å². The molecule has 4 N–H and O–H groups in total. The third kappa shape index (κ3) is 8.18. The Morgan fingerprint density at radius 1 is 1.19 bits per heavy atom. The first-order valence-corrected chi connectivity index (χ1v) is 10.7. The van der Waals surface area contributed by atoms with Crippen LogP contribution < -0.4 is 5.32 Å². The summed E-state index contributed by atoms with van der Waals surface area (Å²) in [5.74, 6) is 0.0938. The molecule has 0 spiro atoms. The Hall–Kier alpha value is -3.14. The van der Waals surface area contributed by atoms with Gasteiger partial charge in [-0.2, -0.15) is 0 Å². The normalized spacial score (nSPS) is 11.0. The second kappa shape index (κ2) is 12.7. The highest BCUT2D eigenvalue weighted by atomic mass is 35.5. The molecule has 168 valence electrons. The molecule has 0 saturated carbocycles. The molecule has 0 radical (unpaired) electrons. The number of aliphatic hydroxyl groups is 1. The maximum Gasteiger partial charge on any atom is 0.692 e. The van der Waals surface area contributed by atoms with Gasteiger partial charge < -0.3 is 14.8 Å². The Labute approximate surface area is 188 Å². The molecule has 12 heteroatoms. The van der Waals surface area contributed by atoms with E-state index in [1.54, 1.807) is 24.3 Å². The molecule has 0 atom stereocenters. The van der Waals surface area contributed by atoms with Crippen LogP contribution in [0.4, 0.5) is 11.6 Å². The van der Waals surface area contributed by atoms with Crippen molar-refractivity contribution in [1.29, 1.82) is 0 Å². The van der Waals surface area contributed by atoms with Gasteiger partial charge in [0.15, 0.2) is 0 Å². The molecule has 1 aromatic carbocycles. The molecule has 10 nitrogen and oxygen atoms in total. The van der Waals surface area contributed by atoms with Crippen LogP contribution in [0.2, 0.25) is 5.02 Å². The van der Waals surface area contributed by atoms with Crippen LogP contribution in [0.1, 0.15) is 17.9 Å². The van der Waals surface area contributed by atoms with Gasteiger partial charge in [0.1, 0.15) is 10.7 Å². The smallest absolute Gasteiger partial charge is 0.401 e. The summed E-state index contributed by atoms with van der Waals surface area (Å²) in [6.07, 6.45) is 7.56. The predicted molar refractivity (Wildman–Crippen MR) is 122 cm³/mol. The number of fused-ring (bicyclic) bond motifs is 1. The summed E-state index contributed by atoms with van der Waals surface area (Å²) in [4.78, 5) is 28.9. The fourth-order valence-electron chi connectivity index (χ4n) is 2.59. The van der Waals surface area contributed by atoms with Crippen molar-refractivity contribution in [3.8, 4) is 0 Å². The van der Waals surface area contributed by atoms with E-state index in [2.05, 4.69) is 10.3 Å². The van der Waals surface area contributed by atoms with Crippen molar-refractivity contribution in [3.05, 3.63) is 75.1 Å². The van der Waals surface area contributed by atoms with Crippen molar-refractivity contribution in [2.24, 2.45) is 0 Å². The van der Waals surface area contributed by atoms with Gasteiger partial charge in [-0.05, 0) is 48.9 Å². The van der Waals surface area contributed by atoms with Gasteiger partial charge in [0.25, 0.3) is 0 Å². The van der Waals surface area contributed by atoms with Crippen molar-refractivity contribution in [2.45, 2.75) is 6.42 Å². The molecule has 0 amide bonds. The summed E-state index contributed by atoms with van der Waals surface area (Å²) in [7, 11) is -2.87. The van der Waals surface area contributed by atoms with Crippen LogP contribution in [0, 0.1) is 10.1 Å². The van der Waals surface area contributed by atoms with Crippen LogP contribution in [0.15, 0.2) is 53.0 Å². The lowest BCUT2D eigenvalue weighted by atomic mass is 10.1. The average molecular weight is 481 g/mol. The number of nitrogens with one attached hydrogen (secondary N) is 1. The number of halogens is 1. The number of nitro groups is 1. The number of anilines is 1. The number of pyridine rings is 1. The molecule has 3 aromatic rings. The van der Waals surface area contributed by atoms with Crippen LogP contribution in [-0.2, 0) is 4.57 Å². The molecule has 3 rings (SSSR count). The van der Waals surface area contributed by atoms with E-state index >= 15 is 0 Å². The largest absolute Gasteiger partial charge is 0.692 e. The minimum atomic E-state index is -2.87. The number of furan rings is 1. The van der Waals surface area contributed by atoms with Gasteiger partial charge in [-0.3, -0.25) is 10.1 Å². The van der Waals surface area contributed by atoms with Gasteiger partial charge in [-0.25, -0.2) is 4.98 Å². The first-order chi connectivity index (χ1) is 15.3. The quantitative estimate of drug-likeness (QED) is 0.119. The van der Waals surface area contributed by atoms with Gasteiger partial charge in [-0.1, -0.05) is 23.8 Å². The molecule has 0 unspecified atom stereocenters. The molecule has 2 heterocycles. The summed E-state index contributed by atoms with van der Waals surface area (Å²) in [6, 6.07) is 10.3. The van der Waals surface area contributed by atoms with E-state index in [4.69, 9.17) is 35.5 Å². The highest BCUT2D eigenvalue weighted by Gasteiger charge is 2.09. The summed E-state index contributed by atoms with van der Waals surface area (Å²) >= 11 is 6.09. The molecule has 0 aliphatic heterocycles. The first-order valence-electron chi connectivity index (χ1n) is 9.19. The van der Waals surface area contributed by atoms with Gasteiger partial charge in [-0.15, -0.1) is 9.79 Å². The number of hydrogen-bond donors (Lipinski definition) is 4. The van der Waals surface area contributed by atoms with Gasteiger partial charge in [0.05, 0.1) is 17.3 Å². The number of nitrogens with zero attached hydrogens (tertiary/aromatic N) is 2. The lowest BCUT2D eigenvalue weighted by Gasteiger charge is -2.10. The Balaban J connectivity index is 0.000000837. The number of hydrogen-bond acceptors (Lipinski definition) is 7. The van der Waals surface area contributed by atoms with E-state index in [-0.39, 0.29) is 12.5 Å². The highest BCUT2D eigenvalue weighted by molar-refractivity contribution is 7.30. The van der Waals surface area contributed by atoms with Crippen molar-refractivity contribution in [2.75, 3.05) is 18.5 Å². The number of allylic oxidation sites excluding steroid dienone is 2. The monoisotopic (exact) mass is 480 g/mol. The molecular weight excluding hydrogens is 461 g/mol. The molecular formula is C20H20ClN3O7P+. The van der Waals surface area contributed by atoms with E-state index < -0.39 is 13.2 Å². The van der Waals surface area contributed by atoms with E-state index in [0.29, 0.717) is 23.7 Å².